The van der Waals surface area contributed by atoms with Gasteiger partial charge in [-0.05, 0) is 113 Å². The van der Waals surface area contributed by atoms with Gasteiger partial charge in [0, 0.05) is 16.8 Å². The summed E-state index contributed by atoms with van der Waals surface area (Å²) in [6, 6.07) is 95.9. The number of hydrogen-bond acceptors (Lipinski definition) is 4. The van der Waals surface area contributed by atoms with E-state index in [-0.39, 0.29) is 12.2 Å². The van der Waals surface area contributed by atoms with Crippen molar-refractivity contribution in [1.82, 2.24) is 10.6 Å². The number of allylic oxidation sites excluding steroid dienone is 3. The van der Waals surface area contributed by atoms with E-state index in [4.69, 9.17) is 9.98 Å². The molecule has 362 valence electrons. The van der Waals surface area contributed by atoms with Crippen LogP contribution in [0.25, 0.3) is 77.3 Å². The van der Waals surface area contributed by atoms with E-state index in [2.05, 4.69) is 278 Å². The predicted octanol–water partition coefficient (Wildman–Crippen LogP) is 17.7. The summed E-state index contributed by atoms with van der Waals surface area (Å²) in [6.45, 7) is 0. The first kappa shape index (κ1) is 46.2. The topological polar surface area (TPSA) is 48.8 Å². The fraction of sp³-hybridized carbons (Fsp3) is 0.0556. The average Bonchev–Trinajstić information content (AvgIpc) is 3.49. The van der Waals surface area contributed by atoms with Gasteiger partial charge in [-0.15, -0.1) is 0 Å². The highest BCUT2D eigenvalue weighted by Crippen LogP contribution is 2.42. The molecule has 76 heavy (non-hydrogen) atoms. The third-order valence-electron chi connectivity index (χ3n) is 15.0. The highest BCUT2D eigenvalue weighted by Gasteiger charge is 2.23. The Morgan fingerprint density at radius 3 is 1.34 bits per heavy atom. The lowest BCUT2D eigenvalue weighted by molar-refractivity contribution is 0.586. The van der Waals surface area contributed by atoms with Crippen molar-refractivity contribution in [2.45, 2.75) is 25.0 Å². The summed E-state index contributed by atoms with van der Waals surface area (Å²) in [5.41, 5.74) is 18.7. The Balaban J connectivity index is 0.788. The monoisotopic (exact) mass is 974 g/mol. The summed E-state index contributed by atoms with van der Waals surface area (Å²) in [7, 11) is 0. The van der Waals surface area contributed by atoms with Crippen LogP contribution in [0, 0.1) is 0 Å². The van der Waals surface area contributed by atoms with Crippen LogP contribution < -0.4 is 10.6 Å². The first-order valence-electron chi connectivity index (χ1n) is 26.3. The molecule has 0 amide bonds. The van der Waals surface area contributed by atoms with Crippen molar-refractivity contribution in [3.05, 3.63) is 312 Å². The standard InChI is InChI=1S/C72H54N4/c1-5-18-49(19-6-1)51-32-40-57(41-33-51)71-74-70(56-24-11-4-12-25-56)75-72(76-71)58-42-36-53(37-43-58)61-45-47-67(65-30-16-14-28-63(61)65)66-46-44-60(62-27-13-15-29-64(62)66)52-34-38-55(39-35-52)68-31-17-26-59(50-20-7-2-8-21-50)48-69(73-68)54-22-9-3-10-23-54/h1-16,18-30,32-48,68,70,73H,17,31H2,(H,74,75,76). The molecule has 4 heteroatoms. The van der Waals surface area contributed by atoms with Crippen LogP contribution in [-0.4, -0.2) is 11.7 Å². The number of fused-ring (bicyclic) bond motifs is 2. The summed E-state index contributed by atoms with van der Waals surface area (Å²) in [6.07, 6.45) is 6.40. The van der Waals surface area contributed by atoms with Gasteiger partial charge in [-0.3, -0.25) is 0 Å². The Labute approximate surface area is 444 Å². The van der Waals surface area contributed by atoms with Crippen molar-refractivity contribution in [3.63, 3.8) is 0 Å². The van der Waals surface area contributed by atoms with Crippen LogP contribution in [0.2, 0.25) is 0 Å². The Morgan fingerprint density at radius 1 is 0.329 bits per heavy atom. The Morgan fingerprint density at radius 2 is 0.763 bits per heavy atom. The normalized spacial score (nSPS) is 15.5. The molecule has 0 bridgehead atoms. The van der Waals surface area contributed by atoms with E-state index in [1.165, 1.54) is 82.8 Å². The highest BCUT2D eigenvalue weighted by atomic mass is 15.2. The number of nitrogens with zero attached hydrogens (tertiary/aromatic N) is 2. The van der Waals surface area contributed by atoms with Gasteiger partial charge in [0.2, 0.25) is 0 Å². The largest absolute Gasteiger partial charge is 0.378 e. The molecular weight excluding hydrogens is 921 g/mol. The lowest BCUT2D eigenvalue weighted by Crippen LogP contribution is -2.33. The predicted molar refractivity (Wildman–Crippen MR) is 319 cm³/mol. The van der Waals surface area contributed by atoms with E-state index in [9.17, 15) is 0 Å². The molecule has 0 spiro atoms. The van der Waals surface area contributed by atoms with Crippen molar-refractivity contribution >= 4 is 44.5 Å². The van der Waals surface area contributed by atoms with Gasteiger partial charge >= 0.3 is 0 Å². The van der Waals surface area contributed by atoms with Crippen LogP contribution in [0.1, 0.15) is 58.4 Å². The van der Waals surface area contributed by atoms with E-state index in [0.29, 0.717) is 5.84 Å². The zero-order valence-corrected chi connectivity index (χ0v) is 42.0. The minimum absolute atomic E-state index is 0.163. The molecule has 2 N–H and O–H groups in total. The molecule has 2 heterocycles. The highest BCUT2D eigenvalue weighted by molar-refractivity contribution is 6.14. The molecule has 11 aromatic carbocycles. The maximum atomic E-state index is 5.17. The second kappa shape index (κ2) is 20.7. The summed E-state index contributed by atoms with van der Waals surface area (Å²) in [5, 5.41) is 12.5. The second-order valence-electron chi connectivity index (χ2n) is 19.6. The van der Waals surface area contributed by atoms with Gasteiger partial charge in [0.05, 0.1) is 6.04 Å². The molecule has 2 aliphatic heterocycles. The van der Waals surface area contributed by atoms with Crippen molar-refractivity contribution in [3.8, 4) is 44.5 Å². The molecule has 0 saturated carbocycles. The zero-order chi connectivity index (χ0) is 50.6. The van der Waals surface area contributed by atoms with E-state index in [1.54, 1.807) is 0 Å². The molecular formula is C72H54N4. The van der Waals surface area contributed by atoms with Crippen LogP contribution >= 0.6 is 0 Å². The number of hydrogen-bond donors (Lipinski definition) is 2. The van der Waals surface area contributed by atoms with Crippen LogP contribution in [0.4, 0.5) is 0 Å². The van der Waals surface area contributed by atoms with Crippen LogP contribution in [0.15, 0.2) is 289 Å². The van der Waals surface area contributed by atoms with Crippen LogP contribution in [0.5, 0.6) is 0 Å². The quantitative estimate of drug-likeness (QED) is 0.143. The van der Waals surface area contributed by atoms with Gasteiger partial charge < -0.3 is 10.6 Å². The van der Waals surface area contributed by atoms with E-state index in [0.717, 1.165) is 46.6 Å². The summed E-state index contributed by atoms with van der Waals surface area (Å²) >= 11 is 0. The Hall–Kier alpha value is -9.64. The second-order valence-corrected chi connectivity index (χ2v) is 19.6. The first-order valence-corrected chi connectivity index (χ1v) is 26.3. The molecule has 13 rings (SSSR count). The Kier molecular flexibility index (Phi) is 12.6. The number of aliphatic imine (C=N–C) groups is 2. The fourth-order valence-corrected chi connectivity index (χ4v) is 11.0. The first-order chi connectivity index (χ1) is 37.7. The molecule has 0 radical (unpaired) electrons. The van der Waals surface area contributed by atoms with E-state index in [1.807, 2.05) is 12.1 Å². The minimum atomic E-state index is -0.280. The number of amidine groups is 2. The molecule has 2 aliphatic rings. The maximum absolute atomic E-state index is 5.17. The maximum Gasteiger partial charge on any atom is 0.159 e. The third-order valence-corrected chi connectivity index (χ3v) is 15.0. The number of rotatable bonds is 10. The Bertz CT molecular complexity index is 3990. The van der Waals surface area contributed by atoms with Gasteiger partial charge in [0.15, 0.2) is 5.84 Å². The van der Waals surface area contributed by atoms with Gasteiger partial charge in [0.25, 0.3) is 0 Å². The van der Waals surface area contributed by atoms with E-state index >= 15 is 0 Å². The molecule has 2 unspecified atom stereocenters. The lowest BCUT2D eigenvalue weighted by atomic mass is 9.87. The van der Waals surface area contributed by atoms with Crippen molar-refractivity contribution in [1.29, 1.82) is 0 Å². The lowest BCUT2D eigenvalue weighted by Gasteiger charge is -2.25. The van der Waals surface area contributed by atoms with Gasteiger partial charge in [-0.1, -0.05) is 273 Å². The fourth-order valence-electron chi connectivity index (χ4n) is 11.0. The number of benzene rings is 11. The summed E-state index contributed by atoms with van der Waals surface area (Å²) in [4.78, 5) is 10.3. The van der Waals surface area contributed by atoms with E-state index < -0.39 is 0 Å². The molecule has 0 saturated heterocycles. The van der Waals surface area contributed by atoms with Crippen LogP contribution in [0.3, 0.4) is 0 Å². The van der Waals surface area contributed by atoms with Crippen LogP contribution in [-0.2, 0) is 0 Å². The zero-order valence-electron chi connectivity index (χ0n) is 42.0. The van der Waals surface area contributed by atoms with Gasteiger partial charge in [-0.25, -0.2) is 9.98 Å². The molecule has 0 aliphatic carbocycles. The molecule has 4 nitrogen and oxygen atoms in total. The third kappa shape index (κ3) is 9.34. The molecule has 0 fully saturated rings. The minimum Gasteiger partial charge on any atom is -0.378 e. The van der Waals surface area contributed by atoms with Gasteiger partial charge in [0.1, 0.15) is 12.0 Å². The number of nitrogens with one attached hydrogen (secondary N) is 2. The smallest absolute Gasteiger partial charge is 0.159 e. The van der Waals surface area contributed by atoms with Crippen molar-refractivity contribution in [2.24, 2.45) is 9.98 Å². The van der Waals surface area contributed by atoms with Gasteiger partial charge in [-0.2, -0.15) is 0 Å². The SMILES string of the molecule is C1=C(c2ccccc2)C=C(c2ccccc2)NC(c2ccc(-c3ccc(-c4ccc(-c5ccc(C6=NC(c7ccccc7)NC(c7ccc(-c8ccccc8)cc7)=N6)cc5)c5ccccc45)c4ccccc34)cc2)CC1. The summed E-state index contributed by atoms with van der Waals surface area (Å²) in [5.74, 6) is 1.50. The summed E-state index contributed by atoms with van der Waals surface area (Å²) < 4.78 is 0. The van der Waals surface area contributed by atoms with Crippen molar-refractivity contribution in [2.75, 3.05) is 0 Å². The average molecular weight is 975 g/mol. The molecule has 11 aromatic rings. The molecule has 2 atom stereocenters. The molecule has 0 aromatic heterocycles. The van der Waals surface area contributed by atoms with Crippen molar-refractivity contribution < 1.29 is 0 Å².